The second-order valence-corrected chi connectivity index (χ2v) is 7.67. The molecule has 0 saturated carbocycles. The Morgan fingerprint density at radius 3 is 2.19 bits per heavy atom. The monoisotopic (exact) mass is 308 g/mol. The Morgan fingerprint density at radius 1 is 1.19 bits per heavy atom. The molecular formula is C17H25ClN2O. The number of halogens is 1. The first-order valence-corrected chi connectivity index (χ1v) is 7.89. The van der Waals surface area contributed by atoms with E-state index in [-0.39, 0.29) is 17.1 Å². The lowest BCUT2D eigenvalue weighted by Crippen LogP contribution is -2.62. The average molecular weight is 309 g/mol. The quantitative estimate of drug-likeness (QED) is 0.522. The standard InChI is InChI=1S/C17H25ClN2O/c1-16(2)10-14(11-17(3,4)19-16)20(12-21)15(18)13-8-6-5-7-9-13/h5-9,12,14-15,19H,10-11H2,1-4H3. The smallest absolute Gasteiger partial charge is 0.211 e. The number of carbonyl (C=O) groups excluding carboxylic acids is 1. The van der Waals surface area contributed by atoms with E-state index in [1.165, 1.54) is 0 Å². The molecule has 4 heteroatoms. The van der Waals surface area contributed by atoms with Gasteiger partial charge >= 0.3 is 0 Å². The lowest BCUT2D eigenvalue weighted by Gasteiger charge is -2.49. The van der Waals surface area contributed by atoms with Crippen LogP contribution in [0.3, 0.4) is 0 Å². The SMILES string of the molecule is CC1(C)CC(N(C=O)C(Cl)c2ccccc2)CC(C)(C)N1. The number of rotatable bonds is 4. The predicted molar refractivity (Wildman–Crippen MR) is 87.3 cm³/mol. The molecule has 0 radical (unpaired) electrons. The summed E-state index contributed by atoms with van der Waals surface area (Å²) < 4.78 is 0. The zero-order chi connectivity index (χ0) is 15.7. The van der Waals surface area contributed by atoms with Crippen molar-refractivity contribution in [2.75, 3.05) is 0 Å². The first-order chi connectivity index (χ1) is 9.74. The highest BCUT2D eigenvalue weighted by atomic mass is 35.5. The first-order valence-electron chi connectivity index (χ1n) is 7.45. The normalized spacial score (nSPS) is 22.5. The number of nitrogens with one attached hydrogen (secondary N) is 1. The van der Waals surface area contributed by atoms with E-state index < -0.39 is 5.50 Å². The molecule has 0 aromatic heterocycles. The first kappa shape index (κ1) is 16.3. The average Bonchev–Trinajstić information content (AvgIpc) is 2.37. The molecule has 1 aromatic rings. The molecule has 3 nitrogen and oxygen atoms in total. The number of alkyl halides is 1. The van der Waals surface area contributed by atoms with Crippen molar-refractivity contribution in [3.63, 3.8) is 0 Å². The van der Waals surface area contributed by atoms with Crippen molar-refractivity contribution < 1.29 is 4.79 Å². The molecule has 1 fully saturated rings. The van der Waals surface area contributed by atoms with Gasteiger partial charge < -0.3 is 10.2 Å². The van der Waals surface area contributed by atoms with Gasteiger partial charge in [-0.2, -0.15) is 0 Å². The Bertz CT molecular complexity index is 471. The Kier molecular flexibility index (Phi) is 4.64. The van der Waals surface area contributed by atoms with E-state index in [1.54, 1.807) is 4.90 Å². The summed E-state index contributed by atoms with van der Waals surface area (Å²) in [5.41, 5.74) is 0.515. The fourth-order valence-electron chi connectivity index (χ4n) is 3.59. The number of nitrogens with zero attached hydrogens (tertiary/aromatic N) is 1. The summed E-state index contributed by atoms with van der Waals surface area (Å²) in [6.07, 6.45) is 2.68. The fourth-order valence-corrected chi connectivity index (χ4v) is 3.94. The highest BCUT2D eigenvalue weighted by molar-refractivity contribution is 6.21. The number of piperidine rings is 1. The van der Waals surface area contributed by atoms with Crippen LogP contribution in [0.25, 0.3) is 0 Å². The molecule has 1 saturated heterocycles. The van der Waals surface area contributed by atoms with Crippen LogP contribution in [0.2, 0.25) is 0 Å². The van der Waals surface area contributed by atoms with Gasteiger partial charge in [0.2, 0.25) is 6.41 Å². The van der Waals surface area contributed by atoms with Crippen molar-refractivity contribution in [1.82, 2.24) is 10.2 Å². The van der Waals surface area contributed by atoms with E-state index in [2.05, 4.69) is 33.0 Å². The van der Waals surface area contributed by atoms with Crippen molar-refractivity contribution in [2.24, 2.45) is 0 Å². The lowest BCUT2D eigenvalue weighted by atomic mass is 9.79. The van der Waals surface area contributed by atoms with Crippen molar-refractivity contribution in [1.29, 1.82) is 0 Å². The molecular weight excluding hydrogens is 284 g/mol. The van der Waals surface area contributed by atoms with Crippen LogP contribution in [-0.4, -0.2) is 28.4 Å². The third-order valence-corrected chi connectivity index (χ3v) is 4.53. The number of benzene rings is 1. The van der Waals surface area contributed by atoms with Gasteiger partial charge in [0.15, 0.2) is 0 Å². The molecule has 1 heterocycles. The van der Waals surface area contributed by atoms with E-state index in [0.29, 0.717) is 0 Å². The van der Waals surface area contributed by atoms with Gasteiger partial charge in [-0.3, -0.25) is 4.79 Å². The fraction of sp³-hybridized carbons (Fsp3) is 0.588. The highest BCUT2D eigenvalue weighted by Gasteiger charge is 2.41. The van der Waals surface area contributed by atoms with E-state index in [1.807, 2.05) is 30.3 Å². The molecule has 21 heavy (non-hydrogen) atoms. The van der Waals surface area contributed by atoms with Crippen molar-refractivity contribution >= 4 is 18.0 Å². The molecule has 1 atom stereocenters. The van der Waals surface area contributed by atoms with Crippen molar-refractivity contribution in [3.8, 4) is 0 Å². The van der Waals surface area contributed by atoms with Gasteiger partial charge in [0.25, 0.3) is 0 Å². The van der Waals surface area contributed by atoms with E-state index >= 15 is 0 Å². The Morgan fingerprint density at radius 2 is 1.71 bits per heavy atom. The number of amides is 1. The van der Waals surface area contributed by atoms with Gasteiger partial charge in [0.1, 0.15) is 5.50 Å². The topological polar surface area (TPSA) is 32.3 Å². The predicted octanol–water partition coefficient (Wildman–Crippen LogP) is 3.69. The van der Waals surface area contributed by atoms with Gasteiger partial charge in [-0.15, -0.1) is 0 Å². The Balaban J connectivity index is 2.22. The molecule has 0 bridgehead atoms. The summed E-state index contributed by atoms with van der Waals surface area (Å²) in [7, 11) is 0. The molecule has 1 amide bonds. The van der Waals surface area contributed by atoms with Crippen molar-refractivity contribution in [2.45, 2.75) is 63.2 Å². The van der Waals surface area contributed by atoms with Crippen LogP contribution in [0.15, 0.2) is 30.3 Å². The minimum Gasteiger partial charge on any atom is -0.322 e. The van der Waals surface area contributed by atoms with Gasteiger partial charge in [-0.05, 0) is 46.1 Å². The van der Waals surface area contributed by atoms with Gasteiger partial charge in [-0.25, -0.2) is 0 Å². The summed E-state index contributed by atoms with van der Waals surface area (Å²) in [5.74, 6) is 0. The summed E-state index contributed by atoms with van der Waals surface area (Å²) in [5, 5.41) is 3.63. The molecule has 116 valence electrons. The highest BCUT2D eigenvalue weighted by Crippen LogP contribution is 2.36. The van der Waals surface area contributed by atoms with Crippen LogP contribution in [0, 0.1) is 0 Å². The van der Waals surface area contributed by atoms with Gasteiger partial charge in [-0.1, -0.05) is 41.9 Å². The van der Waals surface area contributed by atoms with Crippen LogP contribution < -0.4 is 5.32 Å². The summed E-state index contributed by atoms with van der Waals surface area (Å²) >= 11 is 6.57. The van der Waals surface area contributed by atoms with Gasteiger partial charge in [0.05, 0.1) is 0 Å². The molecule has 1 unspecified atom stereocenters. The maximum atomic E-state index is 11.7. The molecule has 1 aromatic carbocycles. The number of carbonyl (C=O) groups is 1. The third-order valence-electron chi connectivity index (χ3n) is 4.05. The molecule has 1 aliphatic heterocycles. The zero-order valence-corrected chi connectivity index (χ0v) is 14.0. The van der Waals surface area contributed by atoms with Crippen LogP contribution in [0.1, 0.15) is 51.6 Å². The minimum absolute atomic E-state index is 0.0129. The van der Waals surface area contributed by atoms with Crippen LogP contribution in [-0.2, 0) is 4.79 Å². The largest absolute Gasteiger partial charge is 0.322 e. The Labute approximate surface area is 132 Å². The summed E-state index contributed by atoms with van der Waals surface area (Å²) in [6, 6.07) is 9.91. The second kappa shape index (κ2) is 5.98. The third kappa shape index (κ3) is 3.98. The van der Waals surface area contributed by atoms with Crippen LogP contribution in [0.5, 0.6) is 0 Å². The maximum absolute atomic E-state index is 11.7. The molecule has 1 aliphatic rings. The second-order valence-electron chi connectivity index (χ2n) is 7.25. The van der Waals surface area contributed by atoms with E-state index in [9.17, 15) is 4.79 Å². The summed E-state index contributed by atoms with van der Waals surface area (Å²) in [4.78, 5) is 13.4. The van der Waals surface area contributed by atoms with Crippen LogP contribution in [0.4, 0.5) is 0 Å². The number of hydrogen-bond donors (Lipinski definition) is 1. The lowest BCUT2D eigenvalue weighted by molar-refractivity contribution is -0.123. The van der Waals surface area contributed by atoms with E-state index in [4.69, 9.17) is 11.6 Å². The van der Waals surface area contributed by atoms with Gasteiger partial charge in [0, 0.05) is 17.1 Å². The Hall–Kier alpha value is -1.06. The van der Waals surface area contributed by atoms with Crippen molar-refractivity contribution in [3.05, 3.63) is 35.9 Å². The molecule has 0 aliphatic carbocycles. The molecule has 2 rings (SSSR count). The minimum atomic E-state index is -0.418. The molecule has 0 spiro atoms. The molecule has 1 N–H and O–H groups in total. The number of hydrogen-bond acceptors (Lipinski definition) is 2. The maximum Gasteiger partial charge on any atom is 0.211 e. The zero-order valence-electron chi connectivity index (χ0n) is 13.3. The van der Waals surface area contributed by atoms with Crippen LogP contribution >= 0.6 is 11.6 Å². The summed E-state index contributed by atoms with van der Waals surface area (Å²) in [6.45, 7) is 8.70. The van der Waals surface area contributed by atoms with E-state index in [0.717, 1.165) is 24.8 Å².